The normalized spacial score (nSPS) is 17.9. The summed E-state index contributed by atoms with van der Waals surface area (Å²) in [5, 5.41) is 8.54. The van der Waals surface area contributed by atoms with Crippen molar-refractivity contribution < 1.29 is 28.7 Å². The first kappa shape index (κ1) is 35.8. The predicted octanol–water partition coefficient (Wildman–Crippen LogP) is 6.11. The highest BCUT2D eigenvalue weighted by Crippen LogP contribution is 2.29. The van der Waals surface area contributed by atoms with E-state index in [2.05, 4.69) is 16.0 Å². The highest BCUT2D eigenvalue weighted by atomic mass is 16.5. The SMILES string of the molecule is COC(=O)N[C@@H](C(=O)N1CCC[C@H]1C(=O)Nc1ccc(-c2ccc(NC(=O)[C@@H]3CCCN3C(=O)[C@H](C)c3ccccc3)cc2)cc1)c1ccccc1. The quantitative estimate of drug-likeness (QED) is 0.183. The lowest BCUT2D eigenvalue weighted by Crippen LogP contribution is -2.48. The molecule has 5 amide bonds. The Kier molecular flexibility index (Phi) is 11.3. The molecule has 4 aromatic carbocycles. The Hall–Kier alpha value is -5.97. The minimum absolute atomic E-state index is 0.0440. The van der Waals surface area contributed by atoms with Crippen LogP contribution in [0.1, 0.15) is 55.7 Å². The molecule has 0 bridgehead atoms. The first-order chi connectivity index (χ1) is 25.2. The Morgan fingerprint density at radius 3 is 1.52 bits per heavy atom. The van der Waals surface area contributed by atoms with Crippen LogP contribution in [0, 0.1) is 0 Å². The van der Waals surface area contributed by atoms with Gasteiger partial charge in [-0.1, -0.05) is 84.9 Å². The van der Waals surface area contributed by atoms with Gasteiger partial charge in [-0.3, -0.25) is 19.2 Å². The number of nitrogens with one attached hydrogen (secondary N) is 3. The highest BCUT2D eigenvalue weighted by Gasteiger charge is 2.39. The average molecular weight is 702 g/mol. The lowest BCUT2D eigenvalue weighted by molar-refractivity contribution is -0.138. The van der Waals surface area contributed by atoms with Crippen molar-refractivity contribution in [2.45, 2.75) is 56.7 Å². The molecule has 11 heteroatoms. The van der Waals surface area contributed by atoms with Gasteiger partial charge in [-0.05, 0) is 79.1 Å². The standard InChI is InChI=1S/C41H43N5O6/c1-27(28-11-5-3-6-12-28)39(49)45-25-9-15-34(45)37(47)42-32-21-17-29(18-22-32)30-19-23-33(24-20-30)43-38(48)35-16-10-26-46(35)40(50)36(44-41(51)52-2)31-13-7-4-8-14-31/h3-8,11-14,17-24,27,34-36H,9-10,15-16,25-26H2,1-2H3,(H,42,47)(H,43,48)(H,44,51)/t27-,34+,35+,36-/m1/s1. The second kappa shape index (κ2) is 16.4. The summed E-state index contributed by atoms with van der Waals surface area (Å²) in [6, 6.07) is 31.2. The van der Waals surface area contributed by atoms with Gasteiger partial charge in [0.15, 0.2) is 0 Å². The maximum atomic E-state index is 13.7. The van der Waals surface area contributed by atoms with Crippen molar-refractivity contribution in [2.75, 3.05) is 30.8 Å². The molecule has 268 valence electrons. The van der Waals surface area contributed by atoms with Crippen LogP contribution in [0.25, 0.3) is 11.1 Å². The summed E-state index contributed by atoms with van der Waals surface area (Å²) >= 11 is 0. The number of methoxy groups -OCH3 is 1. The van der Waals surface area contributed by atoms with E-state index in [0.717, 1.165) is 23.1 Å². The summed E-state index contributed by atoms with van der Waals surface area (Å²) < 4.78 is 4.75. The Morgan fingerprint density at radius 2 is 1.06 bits per heavy atom. The van der Waals surface area contributed by atoms with Crippen LogP contribution in [-0.2, 0) is 23.9 Å². The maximum absolute atomic E-state index is 13.7. The van der Waals surface area contributed by atoms with Crippen molar-refractivity contribution in [3.05, 3.63) is 120 Å². The van der Waals surface area contributed by atoms with Crippen LogP contribution in [-0.4, -0.2) is 71.8 Å². The second-order valence-corrected chi connectivity index (χ2v) is 13.1. The zero-order chi connectivity index (χ0) is 36.6. The third-order valence-corrected chi connectivity index (χ3v) is 9.81. The number of carbonyl (C=O) groups excluding carboxylic acids is 5. The molecule has 52 heavy (non-hydrogen) atoms. The van der Waals surface area contributed by atoms with E-state index in [1.54, 1.807) is 41.3 Å². The molecule has 2 aliphatic heterocycles. The van der Waals surface area contributed by atoms with Gasteiger partial charge in [-0.2, -0.15) is 0 Å². The number of nitrogens with zero attached hydrogens (tertiary/aromatic N) is 2. The number of hydrogen-bond donors (Lipinski definition) is 3. The number of benzene rings is 4. The first-order valence-corrected chi connectivity index (χ1v) is 17.6. The minimum Gasteiger partial charge on any atom is -0.453 e. The van der Waals surface area contributed by atoms with Gasteiger partial charge in [0.2, 0.25) is 17.7 Å². The summed E-state index contributed by atoms with van der Waals surface area (Å²) in [7, 11) is 1.23. The molecule has 2 saturated heterocycles. The molecular weight excluding hydrogens is 658 g/mol. The van der Waals surface area contributed by atoms with E-state index < -0.39 is 24.2 Å². The number of anilines is 2. The number of rotatable bonds is 10. The van der Waals surface area contributed by atoms with Gasteiger partial charge in [-0.25, -0.2) is 4.79 Å². The molecule has 3 N–H and O–H groups in total. The summed E-state index contributed by atoms with van der Waals surface area (Å²) in [6.07, 6.45) is 1.82. The second-order valence-electron chi connectivity index (χ2n) is 13.1. The number of likely N-dealkylation sites (tertiary alicyclic amines) is 2. The zero-order valence-corrected chi connectivity index (χ0v) is 29.3. The molecule has 4 atom stereocenters. The molecule has 0 aliphatic carbocycles. The third kappa shape index (κ3) is 8.15. The summed E-state index contributed by atoms with van der Waals surface area (Å²) in [5.41, 5.74) is 4.58. The van der Waals surface area contributed by atoms with Crippen molar-refractivity contribution in [3.8, 4) is 11.1 Å². The van der Waals surface area contributed by atoms with Crippen LogP contribution in [0.5, 0.6) is 0 Å². The molecule has 2 aliphatic rings. The minimum atomic E-state index is -0.989. The summed E-state index contributed by atoms with van der Waals surface area (Å²) in [4.78, 5) is 69.0. The van der Waals surface area contributed by atoms with Gasteiger partial charge >= 0.3 is 6.09 Å². The number of amides is 5. The topological polar surface area (TPSA) is 137 Å². The molecule has 0 unspecified atom stereocenters. The van der Waals surface area contributed by atoms with E-state index in [9.17, 15) is 24.0 Å². The molecule has 0 radical (unpaired) electrons. The first-order valence-electron chi connectivity index (χ1n) is 17.6. The summed E-state index contributed by atoms with van der Waals surface area (Å²) in [5.74, 6) is -1.25. The van der Waals surface area contributed by atoms with Gasteiger partial charge in [-0.15, -0.1) is 0 Å². The van der Waals surface area contributed by atoms with Gasteiger partial charge in [0, 0.05) is 24.5 Å². The number of ether oxygens (including phenoxy) is 1. The Labute approximate surface area is 303 Å². The molecule has 2 heterocycles. The van der Waals surface area contributed by atoms with Crippen LogP contribution in [0.15, 0.2) is 109 Å². The fourth-order valence-corrected chi connectivity index (χ4v) is 6.96. The van der Waals surface area contributed by atoms with Crippen LogP contribution < -0.4 is 16.0 Å². The zero-order valence-electron chi connectivity index (χ0n) is 29.3. The fraction of sp³-hybridized carbons (Fsp3) is 0.293. The maximum Gasteiger partial charge on any atom is 0.407 e. The lowest BCUT2D eigenvalue weighted by Gasteiger charge is -2.28. The molecule has 2 fully saturated rings. The largest absolute Gasteiger partial charge is 0.453 e. The van der Waals surface area contributed by atoms with E-state index in [0.29, 0.717) is 49.3 Å². The van der Waals surface area contributed by atoms with Crippen LogP contribution in [0.4, 0.5) is 16.2 Å². The highest BCUT2D eigenvalue weighted by molar-refractivity contribution is 6.00. The average Bonchev–Trinajstić information content (AvgIpc) is 3.89. The van der Waals surface area contributed by atoms with E-state index >= 15 is 0 Å². The Morgan fingerprint density at radius 1 is 0.615 bits per heavy atom. The molecule has 6 rings (SSSR count). The molecule has 0 spiro atoms. The number of alkyl carbamates (subject to hydrolysis) is 1. The van der Waals surface area contributed by atoms with Crippen LogP contribution in [0.2, 0.25) is 0 Å². The van der Waals surface area contributed by atoms with Gasteiger partial charge in [0.25, 0.3) is 5.91 Å². The van der Waals surface area contributed by atoms with Gasteiger partial charge < -0.3 is 30.5 Å². The predicted molar refractivity (Wildman–Crippen MR) is 198 cm³/mol. The molecule has 11 nitrogen and oxygen atoms in total. The van der Waals surface area contributed by atoms with E-state index in [4.69, 9.17) is 4.74 Å². The molecule has 4 aromatic rings. The number of hydrogen-bond acceptors (Lipinski definition) is 6. The van der Waals surface area contributed by atoms with Crippen molar-refractivity contribution in [3.63, 3.8) is 0 Å². The van der Waals surface area contributed by atoms with E-state index in [1.165, 1.54) is 12.0 Å². The molecular formula is C41H43N5O6. The molecule has 0 aromatic heterocycles. The van der Waals surface area contributed by atoms with Crippen LogP contribution in [0.3, 0.4) is 0 Å². The molecule has 0 saturated carbocycles. The Balaban J connectivity index is 1.05. The van der Waals surface area contributed by atoms with Gasteiger partial charge in [0.05, 0.1) is 13.0 Å². The smallest absolute Gasteiger partial charge is 0.407 e. The lowest BCUT2D eigenvalue weighted by atomic mass is 9.99. The van der Waals surface area contributed by atoms with Crippen molar-refractivity contribution >= 4 is 41.1 Å². The van der Waals surface area contributed by atoms with E-state index in [1.807, 2.05) is 79.7 Å². The Bertz CT molecular complexity index is 1880. The summed E-state index contributed by atoms with van der Waals surface area (Å²) in [6.45, 7) is 2.83. The third-order valence-electron chi connectivity index (χ3n) is 9.81. The van der Waals surface area contributed by atoms with Crippen LogP contribution >= 0.6 is 0 Å². The monoisotopic (exact) mass is 701 g/mol. The van der Waals surface area contributed by atoms with Crippen molar-refractivity contribution in [1.29, 1.82) is 0 Å². The van der Waals surface area contributed by atoms with E-state index in [-0.39, 0.29) is 29.5 Å². The van der Waals surface area contributed by atoms with Gasteiger partial charge in [0.1, 0.15) is 18.1 Å². The fourth-order valence-electron chi connectivity index (χ4n) is 6.96. The number of carbonyl (C=O) groups is 5. The van der Waals surface area contributed by atoms with Crippen molar-refractivity contribution in [2.24, 2.45) is 0 Å². The van der Waals surface area contributed by atoms with Crippen molar-refractivity contribution in [1.82, 2.24) is 15.1 Å².